The zero-order valence-electron chi connectivity index (χ0n) is 26.3. The van der Waals surface area contributed by atoms with Crippen LogP contribution in [0.3, 0.4) is 0 Å². The summed E-state index contributed by atoms with van der Waals surface area (Å²) in [4.78, 5) is 11.7. The van der Waals surface area contributed by atoms with Crippen LogP contribution in [0.2, 0.25) is 25.7 Å². The van der Waals surface area contributed by atoms with Crippen LogP contribution >= 0.6 is 0 Å². The Morgan fingerprint density at radius 3 is 2.41 bits per heavy atom. The first kappa shape index (κ1) is 34.6. The number of hydrogen-bond acceptors (Lipinski definition) is 6. The number of aliphatic hydroxyl groups excluding tert-OH is 1. The van der Waals surface area contributed by atoms with Crippen molar-refractivity contribution in [3.8, 4) is 0 Å². The van der Waals surface area contributed by atoms with Gasteiger partial charge in [0.2, 0.25) is 15.9 Å². The first-order valence-electron chi connectivity index (χ1n) is 15.2. The molecule has 2 aromatic carbocycles. The smallest absolute Gasteiger partial charge is 0.221 e. The number of sulfonamides is 1. The van der Waals surface area contributed by atoms with E-state index in [0.717, 1.165) is 18.2 Å². The van der Waals surface area contributed by atoms with E-state index in [1.807, 2.05) is 6.07 Å². The maximum absolute atomic E-state index is 15.9. The molecule has 44 heavy (non-hydrogen) atoms. The molecule has 1 saturated carbocycles. The van der Waals surface area contributed by atoms with Crippen LogP contribution in [0.5, 0.6) is 0 Å². The Hall–Kier alpha value is -2.22. The Morgan fingerprint density at radius 2 is 1.80 bits per heavy atom. The van der Waals surface area contributed by atoms with Crippen molar-refractivity contribution in [3.05, 3.63) is 70.8 Å². The number of carbonyl (C=O) groups excluding carboxylic acids is 1. The highest BCUT2D eigenvalue weighted by atomic mass is 32.2. The number of rotatable bonds is 13. The van der Waals surface area contributed by atoms with E-state index in [4.69, 9.17) is 15.2 Å². The molecule has 8 nitrogen and oxygen atoms in total. The molecule has 1 aliphatic carbocycles. The summed E-state index contributed by atoms with van der Waals surface area (Å²) in [6.45, 7) is 10.5. The number of aliphatic hydroxyl groups is 1. The van der Waals surface area contributed by atoms with Gasteiger partial charge in [-0.25, -0.2) is 17.2 Å². The number of halogens is 2. The Bertz CT molecular complexity index is 1430. The number of benzene rings is 2. The molecule has 2 aliphatic rings. The van der Waals surface area contributed by atoms with Gasteiger partial charge in [-0.05, 0) is 68.8 Å². The van der Waals surface area contributed by atoms with Crippen LogP contribution < -0.4 is 5.73 Å². The molecule has 0 aromatic heterocycles. The highest BCUT2D eigenvalue weighted by molar-refractivity contribution is 7.89. The molecule has 1 saturated heterocycles. The fourth-order valence-electron chi connectivity index (χ4n) is 6.61. The molecule has 0 spiro atoms. The summed E-state index contributed by atoms with van der Waals surface area (Å²) in [6, 6.07) is 11.5. The van der Waals surface area contributed by atoms with E-state index in [9.17, 15) is 18.3 Å². The maximum atomic E-state index is 15.9. The lowest BCUT2D eigenvalue weighted by atomic mass is 9.53. The van der Waals surface area contributed by atoms with Gasteiger partial charge in [-0.1, -0.05) is 50.0 Å². The van der Waals surface area contributed by atoms with Crippen LogP contribution in [0.4, 0.5) is 8.78 Å². The van der Waals surface area contributed by atoms with E-state index in [2.05, 4.69) is 19.6 Å². The van der Waals surface area contributed by atoms with E-state index in [0.29, 0.717) is 25.0 Å². The van der Waals surface area contributed by atoms with Crippen LogP contribution in [0.25, 0.3) is 0 Å². The van der Waals surface area contributed by atoms with Crippen molar-refractivity contribution in [1.29, 1.82) is 0 Å². The van der Waals surface area contributed by atoms with Crippen molar-refractivity contribution in [1.82, 2.24) is 4.31 Å². The first-order valence-corrected chi connectivity index (χ1v) is 20.4. The lowest BCUT2D eigenvalue weighted by molar-refractivity contribution is -0.206. The van der Waals surface area contributed by atoms with E-state index in [1.54, 1.807) is 38.1 Å². The second kappa shape index (κ2) is 13.3. The predicted octanol–water partition coefficient (Wildman–Crippen LogP) is 5.38. The quantitative estimate of drug-likeness (QED) is 0.171. The number of hydrogen-bond donors (Lipinski definition) is 2. The Labute approximate surface area is 261 Å². The van der Waals surface area contributed by atoms with Gasteiger partial charge >= 0.3 is 0 Å². The summed E-state index contributed by atoms with van der Waals surface area (Å²) in [6.07, 6.45) is -0.585. The standard InChI is InChI=1S/C32H46F2N2O6SSi/c1-22-11-12-28(23-9-7-6-8-10-23)43(39,40)36(22)18-24-15-27(34)25(16-26(24)33)32(29(37)17-30(35)38)19-31(2,20-32)42-21-41-13-14-44(3,4)5/h6-10,15-16,22,28-29,37H,11-14,17-21H2,1-5H3,(H2,35,38)/t22-,28+,29?,31-,32-/m0/s1. The fraction of sp³-hybridized carbons (Fsp3) is 0.594. The minimum absolute atomic E-state index is 0.0191. The average molecular weight is 653 g/mol. The van der Waals surface area contributed by atoms with Crippen molar-refractivity contribution in [3.63, 3.8) is 0 Å². The summed E-state index contributed by atoms with van der Waals surface area (Å²) in [5.41, 5.74) is 3.71. The van der Waals surface area contributed by atoms with E-state index >= 15 is 8.78 Å². The molecular weight excluding hydrogens is 607 g/mol. The number of ether oxygens (including phenoxy) is 2. The van der Waals surface area contributed by atoms with Gasteiger partial charge in [-0.15, -0.1) is 0 Å². The number of nitrogens with two attached hydrogens (primary N) is 1. The summed E-state index contributed by atoms with van der Waals surface area (Å²) >= 11 is 0. The molecule has 1 aliphatic heterocycles. The first-order chi connectivity index (χ1) is 20.5. The van der Waals surface area contributed by atoms with Gasteiger partial charge in [0, 0.05) is 38.2 Å². The lowest BCUT2D eigenvalue weighted by Gasteiger charge is -2.56. The van der Waals surface area contributed by atoms with E-state index in [-0.39, 0.29) is 37.3 Å². The second-order valence-electron chi connectivity index (χ2n) is 14.0. The third kappa shape index (κ3) is 7.59. The van der Waals surface area contributed by atoms with Crippen molar-refractivity contribution in [2.75, 3.05) is 13.4 Å². The van der Waals surface area contributed by atoms with Crippen molar-refractivity contribution < 1.29 is 36.6 Å². The van der Waals surface area contributed by atoms with Crippen LogP contribution in [-0.2, 0) is 36.3 Å². The molecule has 1 amide bonds. The fourth-order valence-corrected chi connectivity index (χ4v) is 9.55. The van der Waals surface area contributed by atoms with Gasteiger partial charge in [-0.2, -0.15) is 4.31 Å². The Balaban J connectivity index is 1.56. The van der Waals surface area contributed by atoms with Crippen LogP contribution in [0, 0.1) is 11.6 Å². The number of amides is 1. The minimum atomic E-state index is -3.86. The number of carbonyl (C=O) groups is 1. The molecule has 3 atom stereocenters. The summed E-state index contributed by atoms with van der Waals surface area (Å²) < 4.78 is 71.9. The van der Waals surface area contributed by atoms with Gasteiger partial charge in [-0.3, -0.25) is 4.79 Å². The molecule has 0 bridgehead atoms. The molecule has 0 radical (unpaired) electrons. The largest absolute Gasteiger partial charge is 0.392 e. The zero-order valence-corrected chi connectivity index (χ0v) is 28.1. The van der Waals surface area contributed by atoms with Gasteiger partial charge in [0.05, 0.1) is 18.1 Å². The minimum Gasteiger partial charge on any atom is -0.392 e. The normalized spacial score (nSPS) is 27.9. The summed E-state index contributed by atoms with van der Waals surface area (Å²) in [5, 5.41) is 10.3. The molecule has 2 fully saturated rings. The van der Waals surface area contributed by atoms with E-state index < -0.39 is 70.5 Å². The van der Waals surface area contributed by atoms with Gasteiger partial charge in [0.1, 0.15) is 23.7 Å². The van der Waals surface area contributed by atoms with Crippen molar-refractivity contribution in [2.24, 2.45) is 5.73 Å². The van der Waals surface area contributed by atoms with Gasteiger partial charge in [0.15, 0.2) is 0 Å². The molecule has 12 heteroatoms. The number of primary amides is 1. The third-order valence-electron chi connectivity index (χ3n) is 9.09. The zero-order chi connectivity index (χ0) is 32.5. The Morgan fingerprint density at radius 1 is 1.14 bits per heavy atom. The second-order valence-corrected chi connectivity index (χ2v) is 21.7. The highest BCUT2D eigenvalue weighted by Crippen LogP contribution is 2.55. The topological polar surface area (TPSA) is 119 Å². The van der Waals surface area contributed by atoms with Gasteiger partial charge < -0.3 is 20.3 Å². The van der Waals surface area contributed by atoms with Crippen molar-refractivity contribution in [2.45, 2.75) is 107 Å². The SMILES string of the molecule is C[C@H]1CC[C@H](c2ccccc2)S(=O)(=O)N1Cc1cc(F)c([C@]2(C(O)CC(N)=O)C[C@](C)(OCOCC[Si](C)(C)C)C2)cc1F. The average Bonchev–Trinajstić information content (AvgIpc) is 2.90. The summed E-state index contributed by atoms with van der Waals surface area (Å²) in [5.74, 6) is -2.35. The monoisotopic (exact) mass is 652 g/mol. The molecule has 4 rings (SSSR count). The highest BCUT2D eigenvalue weighted by Gasteiger charge is 2.59. The van der Waals surface area contributed by atoms with Crippen LogP contribution in [0.1, 0.15) is 67.9 Å². The lowest BCUT2D eigenvalue weighted by Crippen LogP contribution is -2.61. The molecule has 1 unspecified atom stereocenters. The van der Waals surface area contributed by atoms with Crippen LogP contribution in [-0.4, -0.2) is 63.0 Å². The number of nitrogens with zero attached hydrogens (tertiary/aromatic N) is 1. The molecule has 3 N–H and O–H groups in total. The summed E-state index contributed by atoms with van der Waals surface area (Å²) in [7, 11) is -5.14. The van der Waals surface area contributed by atoms with Crippen LogP contribution in [0.15, 0.2) is 42.5 Å². The molecule has 1 heterocycles. The maximum Gasteiger partial charge on any atom is 0.221 e. The van der Waals surface area contributed by atoms with Gasteiger partial charge in [0.25, 0.3) is 0 Å². The van der Waals surface area contributed by atoms with E-state index in [1.165, 1.54) is 4.31 Å². The molecular formula is C32H46F2N2O6SSi. The Kier molecular flexibility index (Phi) is 10.4. The predicted molar refractivity (Wildman–Crippen MR) is 168 cm³/mol. The third-order valence-corrected chi connectivity index (χ3v) is 13.2. The van der Waals surface area contributed by atoms with Crippen molar-refractivity contribution >= 4 is 24.0 Å². The molecule has 244 valence electrons. The molecule has 2 aromatic rings.